The third-order valence-corrected chi connectivity index (χ3v) is 7.77. The molecule has 1 aliphatic carbocycles. The van der Waals surface area contributed by atoms with E-state index in [-0.39, 0.29) is 27.5 Å². The van der Waals surface area contributed by atoms with Crippen molar-refractivity contribution in [2.75, 3.05) is 10.4 Å². The second-order valence-corrected chi connectivity index (χ2v) is 9.90. The zero-order valence-corrected chi connectivity index (χ0v) is 19.6. The van der Waals surface area contributed by atoms with Gasteiger partial charge < -0.3 is 10.2 Å². The third kappa shape index (κ3) is 3.86. The summed E-state index contributed by atoms with van der Waals surface area (Å²) < 4.78 is 0. The first-order valence-electron chi connectivity index (χ1n) is 11.1. The normalized spacial score (nSPS) is 22.7. The van der Waals surface area contributed by atoms with Gasteiger partial charge in [-0.15, -0.1) is 11.8 Å². The fraction of sp³-hybridized carbons (Fsp3) is 0.280. The van der Waals surface area contributed by atoms with Crippen LogP contribution >= 0.6 is 11.8 Å². The number of nitrogens with zero attached hydrogens (tertiary/aromatic N) is 3. The maximum Gasteiger partial charge on any atom is 0.341 e. The Morgan fingerprint density at radius 3 is 2.85 bits per heavy atom. The van der Waals surface area contributed by atoms with Gasteiger partial charge in [0.1, 0.15) is 5.75 Å². The second-order valence-electron chi connectivity index (χ2n) is 8.66. The summed E-state index contributed by atoms with van der Waals surface area (Å²) in [7, 11) is 0. The van der Waals surface area contributed by atoms with E-state index in [1.165, 1.54) is 27.9 Å². The predicted molar refractivity (Wildman–Crippen MR) is 134 cm³/mol. The molecule has 0 radical (unpaired) electrons. The zero-order valence-electron chi connectivity index (χ0n) is 18.8. The summed E-state index contributed by atoms with van der Waals surface area (Å²) in [5.41, 5.74) is 7.68. The molecule has 0 saturated carbocycles. The molecular formula is C25H24N4O4S. The Balaban J connectivity index is 1.35. The van der Waals surface area contributed by atoms with E-state index in [1.54, 1.807) is 31.2 Å². The topological polar surface area (TPSA) is 115 Å². The van der Waals surface area contributed by atoms with Gasteiger partial charge in [0, 0.05) is 10.8 Å². The van der Waals surface area contributed by atoms with Crippen LogP contribution in [0.4, 0.5) is 11.4 Å². The van der Waals surface area contributed by atoms with Gasteiger partial charge >= 0.3 is 11.9 Å². The van der Waals surface area contributed by atoms with Crippen molar-refractivity contribution in [2.24, 2.45) is 10.2 Å². The van der Waals surface area contributed by atoms with E-state index in [0.29, 0.717) is 35.0 Å². The van der Waals surface area contributed by atoms with Crippen molar-refractivity contribution in [1.82, 2.24) is 0 Å². The summed E-state index contributed by atoms with van der Waals surface area (Å²) >= 11 is 1.20. The molecule has 3 aliphatic rings. The Kier molecular flexibility index (Phi) is 5.65. The van der Waals surface area contributed by atoms with Gasteiger partial charge in [0.05, 0.1) is 22.0 Å². The summed E-state index contributed by atoms with van der Waals surface area (Å²) in [6.45, 7) is 3.91. The first-order chi connectivity index (χ1) is 16.3. The average molecular weight is 477 g/mol. The van der Waals surface area contributed by atoms with Gasteiger partial charge in [-0.3, -0.25) is 10.2 Å². The number of thioether (sulfide) groups is 1. The minimum Gasteiger partial charge on any atom is -0.505 e. The molecule has 2 aromatic carbocycles. The fourth-order valence-corrected chi connectivity index (χ4v) is 5.66. The number of aryl methyl sites for hydroxylation is 1. The van der Waals surface area contributed by atoms with E-state index in [1.807, 2.05) is 12.1 Å². The number of para-hydroxylation sites is 1. The maximum absolute atomic E-state index is 13.1. The van der Waals surface area contributed by atoms with Crippen molar-refractivity contribution >= 4 is 46.4 Å². The number of carboxylic acid groups (broad SMARTS) is 1. The number of aliphatic carboxylic acids is 1. The number of carbonyl (C=O) groups excluding carboxylic acids is 1. The lowest BCUT2D eigenvalue weighted by molar-refractivity contribution is -0.131. The van der Waals surface area contributed by atoms with Gasteiger partial charge in [-0.25, -0.2) is 4.79 Å². The first-order valence-corrected chi connectivity index (χ1v) is 12.0. The highest BCUT2D eigenvalue weighted by molar-refractivity contribution is 8.04. The number of aromatic hydroxyl groups is 1. The Morgan fingerprint density at radius 1 is 1.26 bits per heavy atom. The number of rotatable bonds is 5. The smallest absolute Gasteiger partial charge is 0.341 e. The van der Waals surface area contributed by atoms with Gasteiger partial charge in [-0.05, 0) is 61.4 Å². The molecule has 5 rings (SSSR count). The number of nitrogens with one attached hydrogen (secondary N) is 1. The molecule has 2 aromatic rings. The molecule has 9 heteroatoms. The number of carbonyl (C=O) groups is 2. The molecule has 1 amide bonds. The molecule has 174 valence electrons. The van der Waals surface area contributed by atoms with Gasteiger partial charge in [0.2, 0.25) is 0 Å². The number of hydrogen-bond acceptors (Lipinski definition) is 7. The molecule has 2 atom stereocenters. The number of benzene rings is 2. The zero-order chi connectivity index (χ0) is 24.0. The number of allylic oxidation sites excluding steroid dienone is 1. The molecular weight excluding hydrogens is 452 g/mol. The first kappa shape index (κ1) is 22.2. The van der Waals surface area contributed by atoms with Gasteiger partial charge in [0.25, 0.3) is 0 Å². The van der Waals surface area contributed by atoms with Gasteiger partial charge in [0.15, 0.2) is 5.71 Å². The number of hydrogen-bond donors (Lipinski definition) is 3. The molecule has 3 N–H and O–H groups in total. The maximum atomic E-state index is 13.1. The highest BCUT2D eigenvalue weighted by Crippen LogP contribution is 2.48. The summed E-state index contributed by atoms with van der Waals surface area (Å²) in [5, 5.41) is 29.8. The van der Waals surface area contributed by atoms with Crippen LogP contribution in [0.5, 0.6) is 5.75 Å². The minimum atomic E-state index is -0.968. The number of anilines is 2. The van der Waals surface area contributed by atoms with E-state index >= 15 is 0 Å². The number of carboxylic acids is 1. The SMILES string of the molecule is CC1=NN(c2ccc3c(c2)C(C)CC3)C(=O)/C1=N\Nc1cccc(C2CC=C(C(=O)O)S2)c1O. The Hall–Kier alpha value is -3.59. The molecule has 0 saturated heterocycles. The van der Waals surface area contributed by atoms with Crippen LogP contribution in [-0.4, -0.2) is 33.5 Å². The van der Waals surface area contributed by atoms with Crippen LogP contribution in [0.2, 0.25) is 0 Å². The number of hydrazone groups is 2. The molecule has 34 heavy (non-hydrogen) atoms. The van der Waals surface area contributed by atoms with Crippen LogP contribution < -0.4 is 10.4 Å². The van der Waals surface area contributed by atoms with Crippen LogP contribution in [0.3, 0.4) is 0 Å². The molecule has 2 heterocycles. The molecule has 0 spiro atoms. The lowest BCUT2D eigenvalue weighted by Crippen LogP contribution is -2.28. The number of amides is 1. The molecule has 2 aliphatic heterocycles. The van der Waals surface area contributed by atoms with Crippen molar-refractivity contribution in [2.45, 2.75) is 44.3 Å². The van der Waals surface area contributed by atoms with E-state index < -0.39 is 5.97 Å². The lowest BCUT2D eigenvalue weighted by Gasteiger charge is -2.15. The van der Waals surface area contributed by atoms with Crippen LogP contribution in [0.1, 0.15) is 54.5 Å². The second kappa shape index (κ2) is 8.64. The Bertz CT molecular complexity index is 1300. The fourth-order valence-electron chi connectivity index (χ4n) is 4.55. The molecule has 0 aromatic heterocycles. The van der Waals surface area contributed by atoms with Crippen LogP contribution in [0.15, 0.2) is 57.6 Å². The average Bonchev–Trinajstić information content (AvgIpc) is 3.52. The summed E-state index contributed by atoms with van der Waals surface area (Å²) in [6.07, 6.45) is 4.33. The van der Waals surface area contributed by atoms with Crippen molar-refractivity contribution in [1.29, 1.82) is 0 Å². The molecule has 0 fully saturated rings. The van der Waals surface area contributed by atoms with E-state index in [2.05, 4.69) is 28.6 Å². The van der Waals surface area contributed by atoms with Crippen molar-refractivity contribution in [3.8, 4) is 5.75 Å². The molecule has 2 unspecified atom stereocenters. The van der Waals surface area contributed by atoms with Crippen LogP contribution in [0.25, 0.3) is 0 Å². The van der Waals surface area contributed by atoms with E-state index in [4.69, 9.17) is 0 Å². The van der Waals surface area contributed by atoms with Gasteiger partial charge in [-0.1, -0.05) is 31.2 Å². The Labute approximate surface area is 201 Å². The van der Waals surface area contributed by atoms with Crippen LogP contribution in [-0.2, 0) is 16.0 Å². The van der Waals surface area contributed by atoms with Crippen LogP contribution in [0, 0.1) is 0 Å². The monoisotopic (exact) mass is 476 g/mol. The number of fused-ring (bicyclic) bond motifs is 1. The van der Waals surface area contributed by atoms with E-state index in [9.17, 15) is 19.8 Å². The third-order valence-electron chi connectivity index (χ3n) is 6.44. The summed E-state index contributed by atoms with van der Waals surface area (Å²) in [4.78, 5) is 24.6. The highest BCUT2D eigenvalue weighted by atomic mass is 32.2. The van der Waals surface area contributed by atoms with Crippen molar-refractivity contribution in [3.63, 3.8) is 0 Å². The summed E-state index contributed by atoms with van der Waals surface area (Å²) in [5.74, 6) is -0.867. The highest BCUT2D eigenvalue weighted by Gasteiger charge is 2.32. The number of phenolic OH excluding ortho intramolecular Hbond substituents is 1. The molecule has 0 bridgehead atoms. The largest absolute Gasteiger partial charge is 0.505 e. The van der Waals surface area contributed by atoms with Gasteiger partial charge in [-0.2, -0.15) is 15.2 Å². The predicted octanol–water partition coefficient (Wildman–Crippen LogP) is 4.78. The Morgan fingerprint density at radius 2 is 2.09 bits per heavy atom. The lowest BCUT2D eigenvalue weighted by atomic mass is 10.0. The number of phenols is 1. The van der Waals surface area contributed by atoms with Crippen molar-refractivity contribution < 1.29 is 19.8 Å². The van der Waals surface area contributed by atoms with Crippen molar-refractivity contribution in [3.05, 3.63) is 64.1 Å². The quantitative estimate of drug-likeness (QED) is 0.423. The summed E-state index contributed by atoms with van der Waals surface area (Å²) in [6, 6.07) is 11.2. The standard InChI is InChI=1S/C25H24N4O4S/c1-13-6-7-15-8-9-16(12-18(13)15)29-24(31)22(14(2)28-29)27-26-19-5-3-4-17(23(19)30)20-10-11-21(34-20)25(32)33/h3-5,8-9,11-13,20,26,30H,6-7,10H2,1-2H3,(H,32,33)/b27-22-. The molecule has 8 nitrogen and oxygen atoms in total. The van der Waals surface area contributed by atoms with E-state index in [0.717, 1.165) is 12.8 Å². The minimum absolute atomic E-state index is 0.0195.